The molecular formula is C25H26FN3O5S. The number of aryl methyl sites for hydroxylation is 2. The fraction of sp³-hybridized carbons (Fsp3) is 0.280. The van der Waals surface area contributed by atoms with E-state index in [2.05, 4.69) is 10.3 Å². The van der Waals surface area contributed by atoms with Gasteiger partial charge < -0.3 is 14.8 Å². The fourth-order valence-electron chi connectivity index (χ4n) is 3.86. The number of nitrogens with zero attached hydrogens (tertiary/aromatic N) is 2. The van der Waals surface area contributed by atoms with Crippen LogP contribution in [-0.4, -0.2) is 49.9 Å². The van der Waals surface area contributed by atoms with Crippen LogP contribution in [0.15, 0.2) is 59.8 Å². The van der Waals surface area contributed by atoms with E-state index in [1.807, 2.05) is 26.0 Å². The number of pyridine rings is 1. The second kappa shape index (κ2) is 10.5. The van der Waals surface area contributed by atoms with Gasteiger partial charge in [-0.3, -0.25) is 9.78 Å². The highest BCUT2D eigenvalue weighted by molar-refractivity contribution is 7.89. The van der Waals surface area contributed by atoms with Crippen LogP contribution in [-0.2, 0) is 21.4 Å². The van der Waals surface area contributed by atoms with Crippen molar-refractivity contribution in [3.05, 3.63) is 82.9 Å². The molecule has 0 radical (unpaired) electrons. The van der Waals surface area contributed by atoms with Gasteiger partial charge in [0.15, 0.2) is 0 Å². The molecule has 1 N–H and O–H groups in total. The Balaban J connectivity index is 1.51. The van der Waals surface area contributed by atoms with Gasteiger partial charge in [0.2, 0.25) is 10.0 Å². The average molecular weight is 500 g/mol. The van der Waals surface area contributed by atoms with Crippen LogP contribution < -0.4 is 10.1 Å². The minimum atomic E-state index is -4.06. The molecule has 0 unspecified atom stereocenters. The summed E-state index contributed by atoms with van der Waals surface area (Å²) in [6.07, 6.45) is 3.41. The van der Waals surface area contributed by atoms with Crippen molar-refractivity contribution in [3.63, 3.8) is 0 Å². The molecule has 0 saturated carbocycles. The maximum absolute atomic E-state index is 14.5. The van der Waals surface area contributed by atoms with E-state index in [4.69, 9.17) is 9.47 Å². The molecule has 184 valence electrons. The number of hydrogen-bond acceptors (Lipinski definition) is 6. The fourth-order valence-corrected chi connectivity index (χ4v) is 5.35. The Morgan fingerprint density at radius 1 is 1.14 bits per heavy atom. The Morgan fingerprint density at radius 3 is 2.51 bits per heavy atom. The van der Waals surface area contributed by atoms with E-state index in [1.165, 1.54) is 10.4 Å². The van der Waals surface area contributed by atoms with Gasteiger partial charge in [-0.2, -0.15) is 4.31 Å². The number of halogens is 1. The molecule has 0 atom stereocenters. The topological polar surface area (TPSA) is 97.8 Å². The molecule has 8 nitrogen and oxygen atoms in total. The van der Waals surface area contributed by atoms with Crippen molar-refractivity contribution in [2.45, 2.75) is 25.3 Å². The van der Waals surface area contributed by atoms with Crippen molar-refractivity contribution in [2.75, 3.05) is 31.6 Å². The summed E-state index contributed by atoms with van der Waals surface area (Å²) < 4.78 is 52.6. The number of ether oxygens (including phenoxy) is 2. The van der Waals surface area contributed by atoms with E-state index < -0.39 is 26.6 Å². The molecule has 2 heterocycles. The Labute approximate surface area is 203 Å². The first-order valence-electron chi connectivity index (χ1n) is 11.1. The van der Waals surface area contributed by atoms with Gasteiger partial charge >= 0.3 is 0 Å². The molecule has 0 spiro atoms. The molecule has 1 aliphatic rings. The van der Waals surface area contributed by atoms with Crippen LogP contribution in [0, 0.1) is 19.7 Å². The third-order valence-corrected chi connectivity index (χ3v) is 7.52. The molecule has 10 heteroatoms. The lowest BCUT2D eigenvalue weighted by Crippen LogP contribution is -2.40. The second-order valence-electron chi connectivity index (χ2n) is 8.20. The third kappa shape index (κ3) is 5.67. The molecule has 3 aromatic rings. The quantitative estimate of drug-likeness (QED) is 0.533. The number of anilines is 1. The summed E-state index contributed by atoms with van der Waals surface area (Å²) in [7, 11) is -4.06. The normalized spacial score (nSPS) is 14.5. The zero-order valence-corrected chi connectivity index (χ0v) is 20.3. The number of benzene rings is 2. The Morgan fingerprint density at radius 2 is 1.86 bits per heavy atom. The molecule has 0 aliphatic carbocycles. The minimum Gasteiger partial charge on any atom is -0.488 e. The number of hydrogen-bond donors (Lipinski definition) is 1. The SMILES string of the molecule is Cc1cc(C(=O)Nc2ccc(F)c(S(=O)(=O)N3CCOCC3)c2)cc(C)c1OCc1cccnc1. The third-order valence-electron chi connectivity index (χ3n) is 5.61. The molecule has 35 heavy (non-hydrogen) atoms. The predicted molar refractivity (Wildman–Crippen MR) is 128 cm³/mol. The van der Waals surface area contributed by atoms with Crippen LogP contribution in [0.1, 0.15) is 27.0 Å². The highest BCUT2D eigenvalue weighted by atomic mass is 32.2. The number of carbonyl (C=O) groups excluding carboxylic acids is 1. The highest BCUT2D eigenvalue weighted by Crippen LogP contribution is 2.27. The molecular weight excluding hydrogens is 473 g/mol. The predicted octanol–water partition coefficient (Wildman–Crippen LogP) is 3.69. The maximum Gasteiger partial charge on any atom is 0.255 e. The van der Waals surface area contributed by atoms with E-state index in [9.17, 15) is 17.6 Å². The Hall–Kier alpha value is -3.34. The summed E-state index contributed by atoms with van der Waals surface area (Å²) >= 11 is 0. The van der Waals surface area contributed by atoms with Crippen LogP contribution in [0.3, 0.4) is 0 Å². The zero-order chi connectivity index (χ0) is 25.0. The van der Waals surface area contributed by atoms with Gasteiger partial charge in [0.05, 0.1) is 13.2 Å². The smallest absolute Gasteiger partial charge is 0.255 e. The van der Waals surface area contributed by atoms with Gasteiger partial charge in [0, 0.05) is 42.3 Å². The van der Waals surface area contributed by atoms with Gasteiger partial charge in [-0.25, -0.2) is 12.8 Å². The first kappa shape index (κ1) is 24.8. The standard InChI is InChI=1S/C25H26FN3O5S/c1-17-12-20(13-18(2)24(17)34-16-19-4-3-7-27-15-19)25(30)28-21-5-6-22(26)23(14-21)35(31,32)29-8-10-33-11-9-29/h3-7,12-15H,8-11,16H2,1-2H3,(H,28,30). The average Bonchev–Trinajstić information content (AvgIpc) is 2.85. The van der Waals surface area contributed by atoms with Gasteiger partial charge in [0.1, 0.15) is 23.1 Å². The van der Waals surface area contributed by atoms with Gasteiger partial charge in [-0.1, -0.05) is 6.07 Å². The lowest BCUT2D eigenvalue weighted by molar-refractivity contribution is 0.0729. The summed E-state index contributed by atoms with van der Waals surface area (Å²) in [4.78, 5) is 16.5. The summed E-state index contributed by atoms with van der Waals surface area (Å²) in [6, 6.07) is 10.6. The van der Waals surface area contributed by atoms with E-state index in [-0.39, 0.29) is 32.0 Å². The van der Waals surface area contributed by atoms with Crippen LogP contribution in [0.25, 0.3) is 0 Å². The molecule has 0 bridgehead atoms. The Kier molecular flexibility index (Phi) is 7.44. The van der Waals surface area contributed by atoms with Crippen molar-refractivity contribution in [2.24, 2.45) is 0 Å². The summed E-state index contributed by atoms with van der Waals surface area (Å²) in [6.45, 7) is 4.81. The number of carbonyl (C=O) groups is 1. The number of sulfonamides is 1. The van der Waals surface area contributed by atoms with Gasteiger partial charge in [-0.05, 0) is 61.4 Å². The molecule has 4 rings (SSSR count). The highest BCUT2D eigenvalue weighted by Gasteiger charge is 2.29. The van der Waals surface area contributed by atoms with E-state index in [1.54, 1.807) is 24.5 Å². The monoisotopic (exact) mass is 499 g/mol. The first-order valence-corrected chi connectivity index (χ1v) is 12.5. The van der Waals surface area contributed by atoms with Crippen molar-refractivity contribution >= 4 is 21.6 Å². The summed E-state index contributed by atoms with van der Waals surface area (Å²) in [5, 5.41) is 2.67. The first-order chi connectivity index (χ1) is 16.8. The number of aromatic nitrogens is 1. The minimum absolute atomic E-state index is 0.145. The van der Waals surface area contributed by atoms with E-state index in [0.717, 1.165) is 28.8 Å². The number of morpholine rings is 1. The van der Waals surface area contributed by atoms with Crippen molar-refractivity contribution < 1.29 is 27.1 Å². The lowest BCUT2D eigenvalue weighted by Gasteiger charge is -2.26. The summed E-state index contributed by atoms with van der Waals surface area (Å²) in [5.41, 5.74) is 3.01. The maximum atomic E-state index is 14.5. The van der Waals surface area contributed by atoms with Crippen molar-refractivity contribution in [1.29, 1.82) is 0 Å². The largest absolute Gasteiger partial charge is 0.488 e. The van der Waals surface area contributed by atoms with Gasteiger partial charge in [-0.15, -0.1) is 0 Å². The number of amides is 1. The van der Waals surface area contributed by atoms with E-state index in [0.29, 0.717) is 17.9 Å². The molecule has 1 fully saturated rings. The van der Waals surface area contributed by atoms with Crippen molar-refractivity contribution in [1.82, 2.24) is 9.29 Å². The molecule has 1 amide bonds. The van der Waals surface area contributed by atoms with Crippen LogP contribution in [0.5, 0.6) is 5.75 Å². The molecule has 1 saturated heterocycles. The Bertz CT molecular complexity index is 1300. The lowest BCUT2D eigenvalue weighted by atomic mass is 10.0. The van der Waals surface area contributed by atoms with Crippen LogP contribution in [0.2, 0.25) is 0 Å². The second-order valence-corrected chi connectivity index (χ2v) is 10.1. The van der Waals surface area contributed by atoms with Gasteiger partial charge in [0.25, 0.3) is 5.91 Å². The molecule has 2 aromatic carbocycles. The molecule has 1 aliphatic heterocycles. The van der Waals surface area contributed by atoms with Crippen molar-refractivity contribution in [3.8, 4) is 5.75 Å². The van der Waals surface area contributed by atoms with Crippen LogP contribution >= 0.6 is 0 Å². The number of nitrogens with one attached hydrogen (secondary N) is 1. The van der Waals surface area contributed by atoms with Crippen LogP contribution in [0.4, 0.5) is 10.1 Å². The summed E-state index contributed by atoms with van der Waals surface area (Å²) in [5.74, 6) is -0.654. The zero-order valence-electron chi connectivity index (χ0n) is 19.5. The van der Waals surface area contributed by atoms with E-state index >= 15 is 0 Å². The number of rotatable bonds is 7. The molecule has 1 aromatic heterocycles.